The number of methoxy groups -OCH3 is 1. The van der Waals surface area contributed by atoms with Crippen LogP contribution in [-0.4, -0.2) is 31.6 Å². The van der Waals surface area contributed by atoms with Crippen molar-refractivity contribution in [3.63, 3.8) is 0 Å². The standard InChI is InChI=1S/C15H23ClO3P/c1-5-20(6-2,7-3)19-14(15(17)18-4)12-10-8-9-11-13(12)16/h8-11,14H,5-7H2,1-4H3/q+1/t14-/m1/s1. The molecule has 0 fully saturated rings. The molecule has 20 heavy (non-hydrogen) atoms. The first-order chi connectivity index (χ1) is 9.53. The Hall–Kier alpha value is -0.630. The molecule has 0 radical (unpaired) electrons. The summed E-state index contributed by atoms with van der Waals surface area (Å²) in [5.74, 6) is -0.391. The molecule has 1 aromatic carbocycles. The lowest BCUT2D eigenvalue weighted by Crippen LogP contribution is -2.21. The van der Waals surface area contributed by atoms with Crippen LogP contribution in [-0.2, 0) is 14.1 Å². The van der Waals surface area contributed by atoms with E-state index >= 15 is 0 Å². The van der Waals surface area contributed by atoms with Gasteiger partial charge in [-0.2, -0.15) is 0 Å². The SMILES string of the molecule is CC[P+](CC)(CC)O[C@@H](C(=O)OC)c1ccccc1Cl. The van der Waals surface area contributed by atoms with Gasteiger partial charge in [-0.05, 0) is 26.8 Å². The fraction of sp³-hybridized carbons (Fsp3) is 0.533. The van der Waals surface area contributed by atoms with E-state index in [-0.39, 0.29) is 0 Å². The molecule has 0 heterocycles. The summed E-state index contributed by atoms with van der Waals surface area (Å²) in [4.78, 5) is 12.1. The Morgan fingerprint density at radius 3 is 2.20 bits per heavy atom. The molecule has 0 N–H and O–H groups in total. The Morgan fingerprint density at radius 1 is 1.20 bits per heavy atom. The molecule has 0 saturated heterocycles. The molecule has 0 bridgehead atoms. The molecular weight excluding hydrogens is 295 g/mol. The van der Waals surface area contributed by atoms with Crippen molar-refractivity contribution in [2.24, 2.45) is 0 Å². The lowest BCUT2D eigenvalue weighted by molar-refractivity contribution is -0.149. The zero-order valence-electron chi connectivity index (χ0n) is 12.6. The van der Waals surface area contributed by atoms with E-state index in [1.165, 1.54) is 7.11 Å². The van der Waals surface area contributed by atoms with Crippen LogP contribution >= 0.6 is 19.1 Å². The molecule has 5 heteroatoms. The predicted molar refractivity (Wildman–Crippen MR) is 85.8 cm³/mol. The average molecular weight is 318 g/mol. The second-order valence-corrected chi connectivity index (χ2v) is 9.17. The van der Waals surface area contributed by atoms with E-state index in [0.717, 1.165) is 18.5 Å². The number of esters is 1. The van der Waals surface area contributed by atoms with Gasteiger partial charge in [0.05, 0.1) is 25.6 Å². The summed E-state index contributed by atoms with van der Waals surface area (Å²) < 4.78 is 11.2. The number of ether oxygens (including phenoxy) is 1. The van der Waals surface area contributed by atoms with Gasteiger partial charge in [0.15, 0.2) is 0 Å². The first-order valence-corrected chi connectivity index (χ1v) is 9.54. The number of hydrogen-bond acceptors (Lipinski definition) is 3. The van der Waals surface area contributed by atoms with Gasteiger partial charge in [0.2, 0.25) is 6.10 Å². The molecule has 0 aliphatic rings. The van der Waals surface area contributed by atoms with Crippen molar-refractivity contribution in [2.75, 3.05) is 25.6 Å². The summed E-state index contributed by atoms with van der Waals surface area (Å²) >= 11 is 6.20. The highest BCUT2D eigenvalue weighted by molar-refractivity contribution is 7.71. The molecule has 0 spiro atoms. The van der Waals surface area contributed by atoms with Crippen LogP contribution in [0, 0.1) is 0 Å². The fourth-order valence-corrected chi connectivity index (χ4v) is 4.81. The Balaban J connectivity index is 3.15. The van der Waals surface area contributed by atoms with Crippen LogP contribution in [0.3, 0.4) is 0 Å². The Morgan fingerprint density at radius 2 is 1.75 bits per heavy atom. The summed E-state index contributed by atoms with van der Waals surface area (Å²) in [5, 5.41) is 0.532. The first kappa shape index (κ1) is 17.4. The van der Waals surface area contributed by atoms with Crippen molar-refractivity contribution in [3.8, 4) is 0 Å². The number of carbonyl (C=O) groups excluding carboxylic acids is 1. The van der Waals surface area contributed by atoms with E-state index in [9.17, 15) is 4.79 Å². The van der Waals surface area contributed by atoms with E-state index in [2.05, 4.69) is 20.8 Å². The minimum atomic E-state index is -1.61. The van der Waals surface area contributed by atoms with E-state index in [0.29, 0.717) is 10.6 Å². The van der Waals surface area contributed by atoms with Crippen LogP contribution in [0.2, 0.25) is 5.02 Å². The van der Waals surface area contributed by atoms with Gasteiger partial charge in [-0.15, -0.1) is 0 Å². The number of halogens is 1. The highest BCUT2D eigenvalue weighted by Crippen LogP contribution is 2.62. The van der Waals surface area contributed by atoms with E-state index in [1.807, 2.05) is 18.2 Å². The molecule has 0 aliphatic carbocycles. The lowest BCUT2D eigenvalue weighted by atomic mass is 10.1. The van der Waals surface area contributed by atoms with Gasteiger partial charge in [-0.25, -0.2) is 9.32 Å². The van der Waals surface area contributed by atoms with E-state index in [4.69, 9.17) is 20.9 Å². The Kier molecular flexibility index (Phi) is 6.94. The molecular formula is C15H23ClO3P+. The monoisotopic (exact) mass is 317 g/mol. The third-order valence-corrected chi connectivity index (χ3v) is 8.12. The topological polar surface area (TPSA) is 35.5 Å². The van der Waals surface area contributed by atoms with Crippen LogP contribution < -0.4 is 0 Å². The molecule has 3 nitrogen and oxygen atoms in total. The predicted octanol–water partition coefficient (Wildman–Crippen LogP) is 4.56. The maximum Gasteiger partial charge on any atom is 0.344 e. The summed E-state index contributed by atoms with van der Waals surface area (Å²) in [6.07, 6.45) is 2.09. The van der Waals surface area contributed by atoms with Gasteiger partial charge >= 0.3 is 5.97 Å². The molecule has 0 unspecified atom stereocenters. The molecule has 1 aromatic rings. The number of carbonyl (C=O) groups is 1. The summed E-state index contributed by atoms with van der Waals surface area (Å²) in [7, 11) is -0.232. The zero-order valence-corrected chi connectivity index (χ0v) is 14.2. The van der Waals surface area contributed by atoms with Gasteiger partial charge in [0.1, 0.15) is 7.49 Å². The van der Waals surface area contributed by atoms with Crippen LogP contribution in [0.5, 0.6) is 0 Å². The van der Waals surface area contributed by atoms with Crippen molar-refractivity contribution < 1.29 is 14.1 Å². The van der Waals surface area contributed by atoms with Gasteiger partial charge in [-0.3, -0.25) is 0 Å². The normalized spacial score (nSPS) is 13.1. The van der Waals surface area contributed by atoms with Crippen molar-refractivity contribution in [1.82, 2.24) is 0 Å². The molecule has 0 saturated carbocycles. The lowest BCUT2D eigenvalue weighted by Gasteiger charge is -2.26. The maximum atomic E-state index is 12.1. The number of benzene rings is 1. The minimum absolute atomic E-state index is 0.391. The molecule has 0 amide bonds. The van der Waals surface area contributed by atoms with Crippen molar-refractivity contribution >= 4 is 25.1 Å². The quantitative estimate of drug-likeness (QED) is 0.546. The summed E-state index contributed by atoms with van der Waals surface area (Å²) in [5.41, 5.74) is 0.681. The second-order valence-electron chi connectivity index (χ2n) is 4.54. The maximum absolute atomic E-state index is 12.1. The Bertz CT molecular complexity index is 438. The van der Waals surface area contributed by atoms with Gasteiger partial charge in [0, 0.05) is 10.6 Å². The molecule has 0 aliphatic heterocycles. The van der Waals surface area contributed by atoms with Crippen molar-refractivity contribution in [2.45, 2.75) is 26.9 Å². The zero-order chi connectivity index (χ0) is 15.2. The van der Waals surface area contributed by atoms with Gasteiger partial charge in [0.25, 0.3) is 0 Å². The van der Waals surface area contributed by atoms with Crippen LogP contribution in [0.25, 0.3) is 0 Å². The van der Waals surface area contributed by atoms with Crippen LogP contribution in [0.15, 0.2) is 24.3 Å². The van der Waals surface area contributed by atoms with Crippen LogP contribution in [0.4, 0.5) is 0 Å². The van der Waals surface area contributed by atoms with E-state index in [1.54, 1.807) is 6.07 Å². The number of rotatable bonds is 7. The third-order valence-electron chi connectivity index (χ3n) is 3.66. The number of hydrogen-bond donors (Lipinski definition) is 0. The molecule has 112 valence electrons. The highest BCUT2D eigenvalue weighted by atomic mass is 35.5. The first-order valence-electron chi connectivity index (χ1n) is 6.90. The fourth-order valence-electron chi connectivity index (χ4n) is 2.14. The summed E-state index contributed by atoms with van der Waals surface area (Å²) in [6.45, 7) is 6.34. The van der Waals surface area contributed by atoms with Gasteiger partial charge < -0.3 is 4.74 Å². The summed E-state index contributed by atoms with van der Waals surface area (Å²) in [6, 6.07) is 7.27. The minimum Gasteiger partial charge on any atom is -0.467 e. The molecule has 0 aromatic heterocycles. The van der Waals surface area contributed by atoms with Crippen molar-refractivity contribution in [3.05, 3.63) is 34.9 Å². The van der Waals surface area contributed by atoms with Crippen molar-refractivity contribution in [1.29, 1.82) is 0 Å². The Labute approximate surface area is 127 Å². The van der Waals surface area contributed by atoms with E-state index < -0.39 is 19.6 Å². The van der Waals surface area contributed by atoms with Crippen LogP contribution in [0.1, 0.15) is 32.4 Å². The largest absolute Gasteiger partial charge is 0.467 e. The third kappa shape index (κ3) is 3.94. The smallest absolute Gasteiger partial charge is 0.344 e. The average Bonchev–Trinajstić information content (AvgIpc) is 2.50. The molecule has 1 rings (SSSR count). The van der Waals surface area contributed by atoms with Gasteiger partial charge in [-0.1, -0.05) is 29.8 Å². The second kappa shape index (κ2) is 7.97. The highest BCUT2D eigenvalue weighted by Gasteiger charge is 2.41. The molecule has 1 atom stereocenters.